The summed E-state index contributed by atoms with van der Waals surface area (Å²) in [6.07, 6.45) is 0.625. The fraction of sp³-hybridized carbons (Fsp3) is 0.308. The molecule has 4 nitrogen and oxygen atoms in total. The van der Waals surface area contributed by atoms with Crippen LogP contribution >= 0.6 is 0 Å². The van der Waals surface area contributed by atoms with E-state index in [1.165, 1.54) is 19.2 Å². The van der Waals surface area contributed by atoms with E-state index in [-0.39, 0.29) is 11.3 Å². The van der Waals surface area contributed by atoms with Gasteiger partial charge in [0.25, 0.3) is 0 Å². The van der Waals surface area contributed by atoms with Crippen LogP contribution in [0.15, 0.2) is 22.6 Å². The minimum atomic E-state index is -2.96. The lowest BCUT2D eigenvalue weighted by molar-refractivity contribution is -0.0498. The van der Waals surface area contributed by atoms with Crippen LogP contribution in [0.4, 0.5) is 8.78 Å². The zero-order chi connectivity index (χ0) is 14.0. The van der Waals surface area contributed by atoms with Gasteiger partial charge in [-0.3, -0.25) is 0 Å². The molecule has 0 spiro atoms. The normalized spacial score (nSPS) is 11.0. The number of alkyl halides is 2. The minimum absolute atomic E-state index is 0.0651. The highest BCUT2D eigenvalue weighted by molar-refractivity contribution is 6.02. The third kappa shape index (κ3) is 2.67. The molecule has 1 heterocycles. The maximum absolute atomic E-state index is 12.2. The van der Waals surface area contributed by atoms with Crippen LogP contribution in [0.2, 0.25) is 0 Å². The number of fused-ring (bicyclic) bond motifs is 1. The summed E-state index contributed by atoms with van der Waals surface area (Å²) in [6.45, 7) is -1.08. The molecule has 0 radical (unpaired) electrons. The van der Waals surface area contributed by atoms with Crippen molar-refractivity contribution in [1.82, 2.24) is 0 Å². The van der Waals surface area contributed by atoms with E-state index in [1.807, 2.05) is 6.92 Å². The van der Waals surface area contributed by atoms with Gasteiger partial charge >= 0.3 is 12.6 Å². The Kier molecular flexibility index (Phi) is 3.69. The van der Waals surface area contributed by atoms with Crippen molar-refractivity contribution in [3.63, 3.8) is 0 Å². The highest BCUT2D eigenvalue weighted by Crippen LogP contribution is 2.30. The summed E-state index contributed by atoms with van der Waals surface area (Å²) >= 11 is 0. The summed E-state index contributed by atoms with van der Waals surface area (Å²) in [5, 5.41) is 0.524. The van der Waals surface area contributed by atoms with Gasteiger partial charge in [-0.15, -0.1) is 0 Å². The number of aryl methyl sites for hydroxylation is 1. The molecule has 2 aromatic rings. The first-order valence-electron chi connectivity index (χ1n) is 5.64. The number of esters is 1. The zero-order valence-electron chi connectivity index (χ0n) is 10.4. The van der Waals surface area contributed by atoms with Crippen LogP contribution in [-0.4, -0.2) is 19.7 Å². The Morgan fingerprint density at radius 3 is 2.68 bits per heavy atom. The van der Waals surface area contributed by atoms with E-state index < -0.39 is 12.6 Å². The monoisotopic (exact) mass is 270 g/mol. The predicted octanol–water partition coefficient (Wildman–Crippen LogP) is 3.38. The summed E-state index contributed by atoms with van der Waals surface area (Å²) in [5.74, 6) is -0.123. The SMILES string of the molecule is CCc1cc2cc(OC(F)F)cc(C(=O)OC)c2o1. The number of carbonyl (C=O) groups is 1. The number of carbonyl (C=O) groups excluding carboxylic acids is 1. The molecule has 102 valence electrons. The second-order valence-corrected chi connectivity index (χ2v) is 3.83. The average molecular weight is 270 g/mol. The number of rotatable bonds is 4. The molecule has 0 N–H and O–H groups in total. The standard InChI is InChI=1S/C13H12F2O4/c1-3-8-4-7-5-9(19-13(14)15)6-10(11(7)18-8)12(16)17-2/h4-6,13H,3H2,1-2H3. The Balaban J connectivity index is 2.59. The molecule has 19 heavy (non-hydrogen) atoms. The highest BCUT2D eigenvalue weighted by atomic mass is 19.3. The third-order valence-electron chi connectivity index (χ3n) is 2.62. The van der Waals surface area contributed by atoms with Crippen molar-refractivity contribution in [2.45, 2.75) is 20.0 Å². The maximum atomic E-state index is 12.2. The average Bonchev–Trinajstić information content (AvgIpc) is 2.79. The van der Waals surface area contributed by atoms with Gasteiger partial charge in [0.2, 0.25) is 0 Å². The Labute approximate surface area is 107 Å². The molecule has 0 saturated carbocycles. The minimum Gasteiger partial charge on any atom is -0.465 e. The van der Waals surface area contributed by atoms with Gasteiger partial charge < -0.3 is 13.9 Å². The van der Waals surface area contributed by atoms with Gasteiger partial charge in [-0.25, -0.2) is 4.79 Å². The van der Waals surface area contributed by atoms with Gasteiger partial charge in [0.15, 0.2) is 0 Å². The van der Waals surface area contributed by atoms with Crippen molar-refractivity contribution >= 4 is 16.9 Å². The number of methoxy groups -OCH3 is 1. The molecule has 6 heteroatoms. The summed E-state index contributed by atoms with van der Waals surface area (Å²) in [7, 11) is 1.21. The predicted molar refractivity (Wildman–Crippen MR) is 63.6 cm³/mol. The van der Waals surface area contributed by atoms with Gasteiger partial charge in [0, 0.05) is 11.8 Å². The molecule has 0 amide bonds. The van der Waals surface area contributed by atoms with Crippen molar-refractivity contribution in [2.24, 2.45) is 0 Å². The van der Waals surface area contributed by atoms with Gasteiger partial charge in [-0.05, 0) is 18.2 Å². The summed E-state index contributed by atoms with van der Waals surface area (Å²) in [6, 6.07) is 4.26. The van der Waals surface area contributed by atoms with Crippen molar-refractivity contribution in [3.8, 4) is 5.75 Å². The lowest BCUT2D eigenvalue weighted by atomic mass is 10.1. The Bertz CT molecular complexity index is 604. The first-order valence-corrected chi connectivity index (χ1v) is 5.64. The van der Waals surface area contributed by atoms with Crippen molar-refractivity contribution in [2.75, 3.05) is 7.11 Å². The second kappa shape index (κ2) is 5.26. The summed E-state index contributed by atoms with van der Waals surface area (Å²) in [4.78, 5) is 11.6. The van der Waals surface area contributed by atoms with E-state index in [0.717, 1.165) is 0 Å². The molecule has 1 aromatic heterocycles. The fourth-order valence-corrected chi connectivity index (χ4v) is 1.79. The molecule has 0 saturated heterocycles. The smallest absolute Gasteiger partial charge is 0.387 e. The largest absolute Gasteiger partial charge is 0.465 e. The molecule has 0 aliphatic rings. The number of halogens is 2. The van der Waals surface area contributed by atoms with Gasteiger partial charge in [0.05, 0.1) is 7.11 Å². The summed E-state index contributed by atoms with van der Waals surface area (Å²) in [5.41, 5.74) is 0.376. The van der Waals surface area contributed by atoms with E-state index >= 15 is 0 Å². The van der Waals surface area contributed by atoms with Crippen LogP contribution in [0.25, 0.3) is 11.0 Å². The molecule has 0 bridgehead atoms. The molecule has 0 aliphatic carbocycles. The molecular formula is C13H12F2O4. The number of ether oxygens (including phenoxy) is 2. The lowest BCUT2D eigenvalue weighted by Gasteiger charge is -2.06. The molecule has 1 aromatic carbocycles. The van der Waals surface area contributed by atoms with Gasteiger partial charge in [0.1, 0.15) is 22.7 Å². The van der Waals surface area contributed by atoms with E-state index in [9.17, 15) is 13.6 Å². The van der Waals surface area contributed by atoms with Crippen LogP contribution in [0.1, 0.15) is 23.0 Å². The first kappa shape index (κ1) is 13.3. The van der Waals surface area contributed by atoms with Crippen molar-refractivity contribution < 1.29 is 27.5 Å². The van der Waals surface area contributed by atoms with E-state index in [4.69, 9.17) is 4.42 Å². The molecule has 0 unspecified atom stereocenters. The first-order chi connectivity index (χ1) is 9.05. The molecule has 0 atom stereocenters. The number of furan rings is 1. The topological polar surface area (TPSA) is 48.7 Å². The van der Waals surface area contributed by atoms with E-state index in [1.54, 1.807) is 6.07 Å². The van der Waals surface area contributed by atoms with E-state index in [0.29, 0.717) is 23.2 Å². The highest BCUT2D eigenvalue weighted by Gasteiger charge is 2.18. The van der Waals surface area contributed by atoms with Crippen molar-refractivity contribution in [3.05, 3.63) is 29.5 Å². The summed E-state index contributed by atoms with van der Waals surface area (Å²) < 4.78 is 38.9. The van der Waals surface area contributed by atoms with Crippen molar-refractivity contribution in [1.29, 1.82) is 0 Å². The van der Waals surface area contributed by atoms with E-state index in [2.05, 4.69) is 9.47 Å². The lowest BCUT2D eigenvalue weighted by Crippen LogP contribution is -2.05. The van der Waals surface area contributed by atoms with Crippen LogP contribution in [0, 0.1) is 0 Å². The van der Waals surface area contributed by atoms with Gasteiger partial charge in [-0.1, -0.05) is 6.92 Å². The molecule has 0 aliphatic heterocycles. The van der Waals surface area contributed by atoms with Crippen LogP contribution < -0.4 is 4.74 Å². The fourth-order valence-electron chi connectivity index (χ4n) is 1.79. The Morgan fingerprint density at radius 1 is 1.37 bits per heavy atom. The van der Waals surface area contributed by atoms with Crippen LogP contribution in [0.5, 0.6) is 5.75 Å². The third-order valence-corrected chi connectivity index (χ3v) is 2.62. The second-order valence-electron chi connectivity index (χ2n) is 3.83. The van der Waals surface area contributed by atoms with Gasteiger partial charge in [-0.2, -0.15) is 8.78 Å². The zero-order valence-corrected chi connectivity index (χ0v) is 10.4. The Hall–Kier alpha value is -2.11. The Morgan fingerprint density at radius 2 is 2.11 bits per heavy atom. The number of benzene rings is 1. The number of hydrogen-bond donors (Lipinski definition) is 0. The molecule has 2 rings (SSSR count). The van der Waals surface area contributed by atoms with Crippen LogP contribution in [0.3, 0.4) is 0 Å². The number of hydrogen-bond acceptors (Lipinski definition) is 4. The molecular weight excluding hydrogens is 258 g/mol. The molecule has 0 fully saturated rings. The van der Waals surface area contributed by atoms with Crippen LogP contribution in [-0.2, 0) is 11.2 Å². The maximum Gasteiger partial charge on any atom is 0.387 e. The quantitative estimate of drug-likeness (QED) is 0.799.